The van der Waals surface area contributed by atoms with E-state index in [2.05, 4.69) is 46.5 Å². The molecule has 0 amide bonds. The first kappa shape index (κ1) is 14.6. The zero-order chi connectivity index (χ0) is 14.4. The van der Waals surface area contributed by atoms with E-state index in [4.69, 9.17) is 4.52 Å². The normalized spacial score (nSPS) is 11.4. The van der Waals surface area contributed by atoms with E-state index in [9.17, 15) is 0 Å². The average Bonchev–Trinajstić information content (AvgIpc) is 3.00. The SMILES string of the molecule is CCCNCc1cn(Cc2noc(CC(C)C)n2)nn1. The molecule has 0 aliphatic heterocycles. The Balaban J connectivity index is 1.88. The van der Waals surface area contributed by atoms with Crippen molar-refractivity contribution in [3.05, 3.63) is 23.6 Å². The monoisotopic (exact) mass is 278 g/mol. The molecule has 2 aromatic rings. The van der Waals surface area contributed by atoms with Gasteiger partial charge < -0.3 is 9.84 Å². The van der Waals surface area contributed by atoms with Gasteiger partial charge in [0, 0.05) is 13.0 Å². The van der Waals surface area contributed by atoms with Crippen LogP contribution in [0.3, 0.4) is 0 Å². The number of aromatic nitrogens is 5. The van der Waals surface area contributed by atoms with Crippen molar-refractivity contribution < 1.29 is 4.52 Å². The van der Waals surface area contributed by atoms with Gasteiger partial charge in [-0.3, -0.25) is 0 Å². The Morgan fingerprint density at radius 3 is 3.00 bits per heavy atom. The number of rotatable bonds is 8. The summed E-state index contributed by atoms with van der Waals surface area (Å²) in [5, 5.41) is 15.4. The first-order valence-corrected chi connectivity index (χ1v) is 7.08. The van der Waals surface area contributed by atoms with Crippen LogP contribution in [-0.2, 0) is 19.5 Å². The van der Waals surface area contributed by atoms with Crippen LogP contribution in [0.5, 0.6) is 0 Å². The zero-order valence-corrected chi connectivity index (χ0v) is 12.3. The summed E-state index contributed by atoms with van der Waals surface area (Å²) in [5.74, 6) is 1.82. The van der Waals surface area contributed by atoms with E-state index < -0.39 is 0 Å². The van der Waals surface area contributed by atoms with Gasteiger partial charge in [0.15, 0.2) is 5.82 Å². The summed E-state index contributed by atoms with van der Waals surface area (Å²) in [5.41, 5.74) is 0.921. The van der Waals surface area contributed by atoms with Crippen LogP contribution >= 0.6 is 0 Å². The highest BCUT2D eigenvalue weighted by Crippen LogP contribution is 2.06. The summed E-state index contributed by atoms with van der Waals surface area (Å²) in [6.07, 6.45) is 3.81. The molecular weight excluding hydrogens is 256 g/mol. The van der Waals surface area contributed by atoms with E-state index in [0.717, 1.165) is 31.6 Å². The van der Waals surface area contributed by atoms with Gasteiger partial charge in [0.25, 0.3) is 0 Å². The summed E-state index contributed by atoms with van der Waals surface area (Å²) in [6, 6.07) is 0. The van der Waals surface area contributed by atoms with Crippen molar-refractivity contribution in [3.8, 4) is 0 Å². The molecule has 0 radical (unpaired) electrons. The lowest BCUT2D eigenvalue weighted by atomic mass is 10.1. The van der Waals surface area contributed by atoms with Gasteiger partial charge in [0.05, 0.1) is 11.9 Å². The van der Waals surface area contributed by atoms with Crippen molar-refractivity contribution in [3.63, 3.8) is 0 Å². The van der Waals surface area contributed by atoms with Gasteiger partial charge >= 0.3 is 0 Å². The van der Waals surface area contributed by atoms with Crippen molar-refractivity contribution in [2.24, 2.45) is 5.92 Å². The quantitative estimate of drug-likeness (QED) is 0.735. The molecule has 2 rings (SSSR count). The van der Waals surface area contributed by atoms with Gasteiger partial charge in [0.2, 0.25) is 5.89 Å². The van der Waals surface area contributed by atoms with E-state index >= 15 is 0 Å². The third-order valence-corrected chi connectivity index (χ3v) is 2.72. The van der Waals surface area contributed by atoms with E-state index in [1.807, 2.05) is 6.20 Å². The van der Waals surface area contributed by atoms with Crippen LogP contribution in [0.25, 0.3) is 0 Å². The second-order valence-corrected chi connectivity index (χ2v) is 5.29. The molecule has 110 valence electrons. The van der Waals surface area contributed by atoms with Gasteiger partial charge in [0.1, 0.15) is 6.54 Å². The molecule has 0 aliphatic rings. The fourth-order valence-corrected chi connectivity index (χ4v) is 1.82. The van der Waals surface area contributed by atoms with Gasteiger partial charge in [-0.05, 0) is 18.9 Å². The van der Waals surface area contributed by atoms with E-state index in [1.54, 1.807) is 4.68 Å². The molecule has 0 bridgehead atoms. The molecule has 0 aliphatic carbocycles. The molecular formula is C13H22N6O. The highest BCUT2D eigenvalue weighted by Gasteiger charge is 2.09. The lowest BCUT2D eigenvalue weighted by molar-refractivity contribution is 0.357. The Hall–Kier alpha value is -1.76. The second-order valence-electron chi connectivity index (χ2n) is 5.29. The largest absolute Gasteiger partial charge is 0.339 e. The molecule has 1 N–H and O–H groups in total. The Bertz CT molecular complexity index is 518. The van der Waals surface area contributed by atoms with Crippen molar-refractivity contribution in [2.75, 3.05) is 6.54 Å². The molecule has 0 fully saturated rings. The number of nitrogens with zero attached hydrogens (tertiary/aromatic N) is 5. The molecule has 0 saturated carbocycles. The predicted octanol–water partition coefficient (Wildman–Crippen LogP) is 1.41. The van der Waals surface area contributed by atoms with Crippen LogP contribution in [-0.4, -0.2) is 31.7 Å². The van der Waals surface area contributed by atoms with Gasteiger partial charge in [-0.25, -0.2) is 4.68 Å². The van der Waals surface area contributed by atoms with Crippen molar-refractivity contribution in [1.82, 2.24) is 30.5 Å². The minimum Gasteiger partial charge on any atom is -0.339 e. The van der Waals surface area contributed by atoms with Crippen LogP contribution in [0.4, 0.5) is 0 Å². The summed E-state index contributed by atoms with van der Waals surface area (Å²) in [4.78, 5) is 4.35. The highest BCUT2D eigenvalue weighted by atomic mass is 16.5. The molecule has 0 atom stereocenters. The standard InChI is InChI=1S/C13H22N6O/c1-4-5-14-7-11-8-19(18-16-11)9-12-15-13(20-17-12)6-10(2)3/h8,10,14H,4-7,9H2,1-3H3. The minimum atomic E-state index is 0.488. The van der Waals surface area contributed by atoms with E-state index in [1.165, 1.54) is 0 Å². The fourth-order valence-electron chi connectivity index (χ4n) is 1.82. The smallest absolute Gasteiger partial charge is 0.226 e. The fraction of sp³-hybridized carbons (Fsp3) is 0.692. The maximum absolute atomic E-state index is 5.20. The van der Waals surface area contributed by atoms with Crippen LogP contribution in [0.15, 0.2) is 10.7 Å². The van der Waals surface area contributed by atoms with Crippen LogP contribution in [0.1, 0.15) is 44.6 Å². The van der Waals surface area contributed by atoms with Crippen molar-refractivity contribution in [1.29, 1.82) is 0 Å². The van der Waals surface area contributed by atoms with Crippen LogP contribution < -0.4 is 5.32 Å². The first-order valence-electron chi connectivity index (χ1n) is 7.08. The predicted molar refractivity (Wildman–Crippen MR) is 74.0 cm³/mol. The topological polar surface area (TPSA) is 81.7 Å². The summed E-state index contributed by atoms with van der Waals surface area (Å²) < 4.78 is 6.93. The zero-order valence-electron chi connectivity index (χ0n) is 12.3. The molecule has 2 heterocycles. The second kappa shape index (κ2) is 7.14. The molecule has 2 aromatic heterocycles. The summed E-state index contributed by atoms with van der Waals surface area (Å²) >= 11 is 0. The summed E-state index contributed by atoms with van der Waals surface area (Å²) in [6.45, 7) is 8.58. The molecule has 0 saturated heterocycles. The van der Waals surface area contributed by atoms with Crippen molar-refractivity contribution >= 4 is 0 Å². The Morgan fingerprint density at radius 2 is 2.25 bits per heavy atom. The van der Waals surface area contributed by atoms with Gasteiger partial charge in [-0.15, -0.1) is 5.10 Å². The number of hydrogen-bond donors (Lipinski definition) is 1. The molecule has 7 nitrogen and oxygen atoms in total. The average molecular weight is 278 g/mol. The maximum Gasteiger partial charge on any atom is 0.226 e. The Morgan fingerprint density at radius 1 is 1.40 bits per heavy atom. The Labute approximate surface area is 118 Å². The summed E-state index contributed by atoms with van der Waals surface area (Å²) in [7, 11) is 0. The highest BCUT2D eigenvalue weighted by molar-refractivity contribution is 4.94. The van der Waals surface area contributed by atoms with Crippen LogP contribution in [0.2, 0.25) is 0 Å². The third-order valence-electron chi connectivity index (χ3n) is 2.72. The Kier molecular flexibility index (Phi) is 5.23. The van der Waals surface area contributed by atoms with Gasteiger partial charge in [-0.1, -0.05) is 31.1 Å². The molecule has 20 heavy (non-hydrogen) atoms. The lowest BCUT2D eigenvalue weighted by Crippen LogP contribution is -2.13. The van der Waals surface area contributed by atoms with E-state index in [-0.39, 0.29) is 0 Å². The minimum absolute atomic E-state index is 0.488. The van der Waals surface area contributed by atoms with Crippen molar-refractivity contribution in [2.45, 2.75) is 46.7 Å². The molecule has 7 heteroatoms. The maximum atomic E-state index is 5.20. The lowest BCUT2D eigenvalue weighted by Gasteiger charge is -1.97. The third kappa shape index (κ3) is 4.41. The molecule has 0 unspecified atom stereocenters. The number of nitrogens with one attached hydrogen (secondary N) is 1. The van der Waals surface area contributed by atoms with E-state index in [0.29, 0.717) is 24.2 Å². The first-order chi connectivity index (χ1) is 9.67. The number of hydrogen-bond acceptors (Lipinski definition) is 6. The van der Waals surface area contributed by atoms with Gasteiger partial charge in [-0.2, -0.15) is 4.98 Å². The molecule has 0 aromatic carbocycles. The molecule has 0 spiro atoms. The van der Waals surface area contributed by atoms with Crippen LogP contribution in [0, 0.1) is 5.92 Å².